The van der Waals surface area contributed by atoms with Crippen LogP contribution in [0, 0.1) is 5.41 Å². The molecule has 1 spiro atoms. The lowest BCUT2D eigenvalue weighted by atomic mass is 9.87. The number of furan rings is 1. The van der Waals surface area contributed by atoms with Gasteiger partial charge in [-0.2, -0.15) is 0 Å². The van der Waals surface area contributed by atoms with E-state index in [9.17, 15) is 0 Å². The average molecular weight is 431 g/mol. The molecule has 2 aliphatic rings. The smallest absolute Gasteiger partial charge is 0.194 e. The topological polar surface area (TPSA) is 50.0 Å². The Bertz CT molecular complexity index is 510. The molecule has 0 aromatic carbocycles. The van der Waals surface area contributed by atoms with E-state index in [2.05, 4.69) is 16.8 Å². The van der Waals surface area contributed by atoms with Gasteiger partial charge in [0.05, 0.1) is 12.9 Å². The van der Waals surface area contributed by atoms with Gasteiger partial charge >= 0.3 is 0 Å². The van der Waals surface area contributed by atoms with Crippen LogP contribution in [0.4, 0.5) is 0 Å². The third-order valence-electron chi connectivity index (χ3n) is 4.53. The van der Waals surface area contributed by atoms with Crippen molar-refractivity contribution in [3.63, 3.8) is 0 Å². The minimum atomic E-state index is 0. The summed E-state index contributed by atoms with van der Waals surface area (Å²) >= 11 is 0. The molecular weight excluding hydrogens is 405 g/mol. The maximum atomic E-state index is 5.61. The van der Waals surface area contributed by atoms with Crippen LogP contribution in [0.25, 0.3) is 0 Å². The Balaban J connectivity index is 0.00000192. The summed E-state index contributed by atoms with van der Waals surface area (Å²) in [6.07, 6.45) is 6.77. The van der Waals surface area contributed by atoms with Crippen LogP contribution in [-0.4, -0.2) is 50.3 Å². The van der Waals surface area contributed by atoms with Crippen LogP contribution in [0.15, 0.2) is 40.5 Å². The van der Waals surface area contributed by atoms with Crippen LogP contribution in [0.3, 0.4) is 0 Å². The van der Waals surface area contributed by atoms with E-state index in [0.29, 0.717) is 5.41 Å². The fraction of sp³-hybridized carbons (Fsp3) is 0.588. The van der Waals surface area contributed by atoms with Gasteiger partial charge in [-0.25, -0.2) is 0 Å². The van der Waals surface area contributed by atoms with E-state index < -0.39 is 0 Å². The van der Waals surface area contributed by atoms with Gasteiger partial charge in [0.25, 0.3) is 0 Å². The summed E-state index contributed by atoms with van der Waals surface area (Å²) in [4.78, 5) is 7.12. The molecule has 0 radical (unpaired) electrons. The second-order valence-corrected chi connectivity index (χ2v) is 6.18. The predicted molar refractivity (Wildman–Crippen MR) is 102 cm³/mol. The highest BCUT2D eigenvalue weighted by Gasteiger charge is 2.42. The second-order valence-electron chi connectivity index (χ2n) is 6.18. The van der Waals surface area contributed by atoms with E-state index in [-0.39, 0.29) is 24.0 Å². The Labute approximate surface area is 155 Å². The molecule has 128 valence electrons. The largest absolute Gasteiger partial charge is 0.469 e. The minimum Gasteiger partial charge on any atom is -0.469 e. The number of guanidine groups is 1. The Morgan fingerprint density at radius 1 is 1.48 bits per heavy atom. The van der Waals surface area contributed by atoms with Gasteiger partial charge in [0.15, 0.2) is 5.96 Å². The van der Waals surface area contributed by atoms with Crippen molar-refractivity contribution in [2.45, 2.75) is 19.3 Å². The van der Waals surface area contributed by atoms with Crippen molar-refractivity contribution in [1.82, 2.24) is 10.2 Å². The third kappa shape index (κ3) is 4.73. The molecule has 1 aromatic heterocycles. The molecule has 2 saturated heterocycles. The quantitative estimate of drug-likeness (QED) is 0.337. The first-order valence-electron chi connectivity index (χ1n) is 8.06. The SMILES string of the molecule is C=CCNC(=NCCc1ccco1)N1CCC2(CCOC2)C1.I. The van der Waals surface area contributed by atoms with Gasteiger partial charge in [-0.3, -0.25) is 4.99 Å². The van der Waals surface area contributed by atoms with Crippen molar-refractivity contribution < 1.29 is 9.15 Å². The Kier molecular flexibility index (Phi) is 6.95. The standard InChI is InChI=1S/C17H25N3O2.HI/c1-2-8-18-16(19-9-5-15-4-3-11-22-15)20-10-6-17(13-20)7-12-21-14-17;/h2-4,11H,1,5-10,12-14H2,(H,18,19);1H. The van der Waals surface area contributed by atoms with Gasteiger partial charge in [-0.05, 0) is 25.0 Å². The van der Waals surface area contributed by atoms with E-state index in [0.717, 1.165) is 57.5 Å². The Morgan fingerprint density at radius 3 is 3.09 bits per heavy atom. The van der Waals surface area contributed by atoms with Crippen LogP contribution >= 0.6 is 24.0 Å². The molecule has 2 fully saturated rings. The lowest BCUT2D eigenvalue weighted by Crippen LogP contribution is -2.41. The predicted octanol–water partition coefficient (Wildman–Crippen LogP) is 2.68. The molecule has 23 heavy (non-hydrogen) atoms. The number of hydrogen-bond acceptors (Lipinski definition) is 3. The summed E-state index contributed by atoms with van der Waals surface area (Å²) in [6.45, 7) is 9.13. The Morgan fingerprint density at radius 2 is 2.39 bits per heavy atom. The van der Waals surface area contributed by atoms with Gasteiger partial charge in [0.2, 0.25) is 0 Å². The van der Waals surface area contributed by atoms with Gasteiger partial charge in [0.1, 0.15) is 5.76 Å². The van der Waals surface area contributed by atoms with Gasteiger partial charge in [-0.15, -0.1) is 30.6 Å². The van der Waals surface area contributed by atoms with Crippen LogP contribution in [0.1, 0.15) is 18.6 Å². The zero-order valence-corrected chi connectivity index (χ0v) is 15.8. The molecule has 0 saturated carbocycles. The number of nitrogens with zero attached hydrogens (tertiary/aromatic N) is 2. The molecule has 3 rings (SSSR count). The van der Waals surface area contributed by atoms with E-state index in [1.165, 1.54) is 12.8 Å². The number of ether oxygens (including phenoxy) is 1. The number of likely N-dealkylation sites (tertiary alicyclic amines) is 1. The molecule has 1 atom stereocenters. The van der Waals surface area contributed by atoms with Crippen molar-refractivity contribution in [2.75, 3.05) is 39.4 Å². The molecule has 0 amide bonds. The summed E-state index contributed by atoms with van der Waals surface area (Å²) in [5.74, 6) is 1.96. The fourth-order valence-electron chi connectivity index (χ4n) is 3.25. The van der Waals surface area contributed by atoms with E-state index in [1.807, 2.05) is 18.2 Å². The van der Waals surface area contributed by atoms with Crippen molar-refractivity contribution in [2.24, 2.45) is 10.4 Å². The first kappa shape index (κ1) is 18.3. The van der Waals surface area contributed by atoms with Crippen molar-refractivity contribution >= 4 is 29.9 Å². The molecule has 1 unspecified atom stereocenters. The Hall–Kier alpha value is -1.02. The molecule has 5 nitrogen and oxygen atoms in total. The average Bonchev–Trinajstić information content (AvgIpc) is 3.26. The van der Waals surface area contributed by atoms with Crippen LogP contribution in [0.2, 0.25) is 0 Å². The summed E-state index contributed by atoms with van der Waals surface area (Å²) in [5, 5.41) is 3.38. The monoisotopic (exact) mass is 431 g/mol. The van der Waals surface area contributed by atoms with Crippen LogP contribution < -0.4 is 5.32 Å². The normalized spacial score (nSPS) is 24.0. The molecule has 3 heterocycles. The first-order valence-corrected chi connectivity index (χ1v) is 8.06. The lowest BCUT2D eigenvalue weighted by Gasteiger charge is -2.25. The van der Waals surface area contributed by atoms with Crippen molar-refractivity contribution in [1.29, 1.82) is 0 Å². The number of nitrogens with one attached hydrogen (secondary N) is 1. The highest BCUT2D eigenvalue weighted by Crippen LogP contribution is 2.38. The number of halogens is 1. The number of hydrogen-bond donors (Lipinski definition) is 1. The van der Waals surface area contributed by atoms with Gasteiger partial charge < -0.3 is 19.4 Å². The summed E-state index contributed by atoms with van der Waals surface area (Å²) in [5.41, 5.74) is 0.345. The second kappa shape index (κ2) is 8.73. The van der Waals surface area contributed by atoms with Gasteiger partial charge in [-0.1, -0.05) is 6.08 Å². The molecule has 0 bridgehead atoms. The minimum absolute atomic E-state index is 0. The summed E-state index contributed by atoms with van der Waals surface area (Å²) < 4.78 is 11.0. The van der Waals surface area contributed by atoms with E-state index in [1.54, 1.807) is 6.26 Å². The number of aliphatic imine (C=N–C) groups is 1. The van der Waals surface area contributed by atoms with Crippen molar-refractivity contribution in [3.8, 4) is 0 Å². The van der Waals surface area contributed by atoms with E-state index in [4.69, 9.17) is 14.1 Å². The number of rotatable bonds is 5. The molecule has 1 N–H and O–H groups in total. The lowest BCUT2D eigenvalue weighted by molar-refractivity contribution is 0.156. The first-order chi connectivity index (χ1) is 10.8. The fourth-order valence-corrected chi connectivity index (χ4v) is 3.25. The highest BCUT2D eigenvalue weighted by atomic mass is 127. The maximum absolute atomic E-state index is 5.61. The molecule has 6 heteroatoms. The molecule has 1 aromatic rings. The van der Waals surface area contributed by atoms with Gasteiger partial charge in [0, 0.05) is 44.6 Å². The summed E-state index contributed by atoms with van der Waals surface area (Å²) in [7, 11) is 0. The van der Waals surface area contributed by atoms with Crippen molar-refractivity contribution in [3.05, 3.63) is 36.8 Å². The zero-order valence-electron chi connectivity index (χ0n) is 13.5. The maximum Gasteiger partial charge on any atom is 0.194 e. The zero-order chi connectivity index (χ0) is 15.3. The molecular formula is C17H26IN3O2. The summed E-state index contributed by atoms with van der Waals surface area (Å²) in [6, 6.07) is 3.91. The van der Waals surface area contributed by atoms with Crippen LogP contribution in [0.5, 0.6) is 0 Å². The molecule has 0 aliphatic carbocycles. The van der Waals surface area contributed by atoms with Crippen LogP contribution in [-0.2, 0) is 11.2 Å². The highest BCUT2D eigenvalue weighted by molar-refractivity contribution is 14.0. The molecule has 2 aliphatic heterocycles. The van der Waals surface area contributed by atoms with E-state index >= 15 is 0 Å². The third-order valence-corrected chi connectivity index (χ3v) is 4.53.